The van der Waals surface area contributed by atoms with Gasteiger partial charge in [-0.3, -0.25) is 73.7 Å². The third kappa shape index (κ3) is 21.4. The van der Waals surface area contributed by atoms with Gasteiger partial charge in [-0.2, -0.15) is 28.5 Å². The molecule has 0 radical (unpaired) electrons. The van der Waals surface area contributed by atoms with E-state index < -0.39 is 27.8 Å². The molecule has 6 aliphatic rings. The number of fused-ring (bicyclic) bond motifs is 3. The highest BCUT2D eigenvalue weighted by molar-refractivity contribution is 8.00. The summed E-state index contributed by atoms with van der Waals surface area (Å²) in [6.45, 7) is 11.1. The number of halogens is 3. The van der Waals surface area contributed by atoms with E-state index in [0.29, 0.717) is 155 Å². The molecule has 4 aromatic carbocycles. The van der Waals surface area contributed by atoms with Crippen LogP contribution in [0.2, 0.25) is 0 Å². The molecule has 17 heterocycles. The first-order valence-electron chi connectivity index (χ1n) is 46.6. The first-order chi connectivity index (χ1) is 68.9. The van der Waals surface area contributed by atoms with E-state index in [2.05, 4.69) is 137 Å². The van der Waals surface area contributed by atoms with Crippen LogP contribution in [0.15, 0.2) is 214 Å². The number of hydrogen-bond acceptors (Lipinski definition) is 28. The molecule has 0 spiro atoms. The van der Waals surface area contributed by atoms with Crippen LogP contribution >= 0.6 is 34.4 Å². The highest BCUT2D eigenvalue weighted by Gasteiger charge is 2.49. The average Bonchev–Trinajstić information content (AvgIpc) is 1.65. The first kappa shape index (κ1) is 96.4. The molecular weight excluding hydrogens is 1870 g/mol. The molecule has 40 heteroatoms. The summed E-state index contributed by atoms with van der Waals surface area (Å²) >= 11 is 4.65. The van der Waals surface area contributed by atoms with Crippen molar-refractivity contribution >= 4 is 131 Å². The van der Waals surface area contributed by atoms with Gasteiger partial charge in [-0.1, -0.05) is 36.4 Å². The number of rotatable bonds is 24. The molecule has 3 atom stereocenters. The van der Waals surface area contributed by atoms with Crippen molar-refractivity contribution in [3.05, 3.63) is 246 Å². The Morgan fingerprint density at radius 2 is 0.852 bits per heavy atom. The van der Waals surface area contributed by atoms with Crippen molar-refractivity contribution in [1.29, 1.82) is 0 Å². The van der Waals surface area contributed by atoms with Gasteiger partial charge >= 0.3 is 6.18 Å². The highest BCUT2D eigenvalue weighted by Crippen LogP contribution is 2.42. The Morgan fingerprint density at radius 3 is 1.27 bits per heavy atom. The van der Waals surface area contributed by atoms with Crippen molar-refractivity contribution < 1.29 is 51.4 Å². The number of hydrogen-bond donors (Lipinski definition) is 6. The topological polar surface area (TPSA) is 404 Å². The van der Waals surface area contributed by atoms with Crippen molar-refractivity contribution in [3.8, 4) is 66.6 Å². The molecule has 15 aromatic rings. The average molecular weight is 1970 g/mol. The van der Waals surface area contributed by atoms with Crippen molar-refractivity contribution in [2.75, 3.05) is 135 Å². The van der Waals surface area contributed by atoms with Gasteiger partial charge in [-0.05, 0) is 197 Å². The Hall–Kier alpha value is -14.5. The Morgan fingerprint density at radius 1 is 0.444 bits per heavy atom. The second-order valence-corrected chi connectivity index (χ2v) is 39.1. The van der Waals surface area contributed by atoms with Crippen LogP contribution in [-0.2, 0) is 44.4 Å². The minimum atomic E-state index is -4.60. The fourth-order valence-corrected chi connectivity index (χ4v) is 21.6. The lowest BCUT2D eigenvalue weighted by molar-refractivity contribution is -0.141. The standard InChI is InChI=1S/C36H38N8O3.C33H30F3N9O3S.C33H33N9O2S2/c1-24-20-28(10-16-37-24)33-30-21-29(8-9-31(30)41-42-33)40-35(46)36(47-2)13-19-43(23-36)22-32(45)44-17-11-26(12-18-44)25-4-6-27(7-5-25)34-38-14-3-15-39-34;1-48-32(31(47)41-22-3-4-24-23(16-22)28(43-42-24)21-5-11-37-26(15-21)33(34,35)36)8-14-44(19-32)18-27(46)45-12-6-20(7-13-45)30-40-17-25(49-30)29-38-9-2-10-39-29;1-21-16-23(6-12-34-21)29-25-17-24(4-5-26(25)39-40-29)38-32(44)33(45-2)9-15-41(20-33)19-28(43)42-13-7-22(8-14-42)31-37-18-27(46-31)30-35-10-3-11-36-30/h3-10,14-16,20-21,26H,11-13,17-19,22-23H2,1-2H3,(H,40,46)(H,41,42);2-6,9-11,15-17H,7-8,12-14,18-19H2,1H3,(H,41,47)(H,42,43);3-7,10-12,16-18H,8-9,13-15,19-20H2,1-2H3,(H,38,44)(H,39,40)/t36-;32-;33-/m000/s1. The Bertz CT molecular complexity index is 7220. The first-order valence-corrected chi connectivity index (χ1v) is 49.5. The molecule has 4 fully saturated rings. The third-order valence-electron chi connectivity index (χ3n) is 26.9. The molecule has 21 rings (SSSR count). The van der Waals surface area contributed by atoms with Crippen LogP contribution in [0.5, 0.6) is 0 Å². The number of nitrogens with zero attached hydrogens (tertiary/aromatic N) is 20. The predicted molar refractivity (Wildman–Crippen MR) is 538 cm³/mol. The maximum Gasteiger partial charge on any atom is 0.433 e. The van der Waals surface area contributed by atoms with Crippen LogP contribution in [0.4, 0.5) is 30.2 Å². The van der Waals surface area contributed by atoms with Gasteiger partial charge in [0.25, 0.3) is 11.8 Å². The third-order valence-corrected chi connectivity index (χ3v) is 30.3. The second kappa shape index (κ2) is 42.1. The number of thiazole rings is 2. The number of methoxy groups -OCH3 is 2. The number of aromatic amines is 3. The monoisotopic (exact) mass is 1970 g/mol. The number of amides is 6. The van der Waals surface area contributed by atoms with Gasteiger partial charge in [-0.25, -0.2) is 39.9 Å². The molecule has 4 saturated heterocycles. The Kier molecular flexibility index (Phi) is 28.6. The summed E-state index contributed by atoms with van der Waals surface area (Å²) in [6.07, 6.45) is 24.8. The lowest BCUT2D eigenvalue weighted by Crippen LogP contribution is -2.48. The Balaban J connectivity index is 0.000000135. The molecule has 34 nitrogen and oxygen atoms in total. The maximum absolute atomic E-state index is 13.7. The molecule has 11 aromatic heterocycles. The van der Waals surface area contributed by atoms with Gasteiger partial charge in [0.1, 0.15) is 37.5 Å². The number of nitrogens with one attached hydrogen (secondary N) is 6. The van der Waals surface area contributed by atoms with Gasteiger partial charge in [-0.15, -0.1) is 34.4 Å². The van der Waals surface area contributed by atoms with E-state index in [-0.39, 0.29) is 60.6 Å². The summed E-state index contributed by atoms with van der Waals surface area (Å²) in [4.78, 5) is 141. The normalized spacial score (nSPS) is 18.7. The number of H-pyrrole nitrogens is 3. The molecular formula is C102H101F3N26O8S3. The molecule has 0 unspecified atom stereocenters. The molecule has 0 aliphatic carbocycles. The molecule has 0 bridgehead atoms. The zero-order valence-electron chi connectivity index (χ0n) is 78.4. The van der Waals surface area contributed by atoms with Crippen LogP contribution in [0.3, 0.4) is 0 Å². The number of benzene rings is 4. The summed E-state index contributed by atoms with van der Waals surface area (Å²) in [5, 5.41) is 35.6. The number of ether oxygens (including phenoxy) is 2. The molecule has 142 heavy (non-hydrogen) atoms. The quantitative estimate of drug-likeness (QED) is 0.0327. The molecule has 0 saturated carbocycles. The molecule has 6 aliphatic heterocycles. The summed E-state index contributed by atoms with van der Waals surface area (Å²) in [5.74, 6) is 1.92. The summed E-state index contributed by atoms with van der Waals surface area (Å²) in [5.41, 5.74) is 11.3. The SMILES string of the molecule is CO[C@@]1(C(=O)Nc2ccc3[nH]nc(-c4ccnc(C(F)(F)F)c4)c3c2)CCN(CC(=O)N2CC=C(c3ncc(-c4ncccn4)s3)CC2)C1.CO[C@@]1(C(=O)Nc2ccc3[nH]nc(-c4ccnc(C)c4)c3c2)CCN(CC(=O)N2CCC(c3ccc(-c4ncccn4)cc3)CC2)C1.CS[C@@]1(C(=O)Nc2ccc3[nH]nc(-c4ccnc(C)c4)c3c2)CCN(CC(=O)N2CC=C(c3ncc(-c4ncccn4)s3)CC2)C1. The molecule has 726 valence electrons. The number of carbonyl (C=O) groups is 6. The summed E-state index contributed by atoms with van der Waals surface area (Å²) in [7, 11) is 3.03. The van der Waals surface area contributed by atoms with Crippen molar-refractivity contribution in [1.82, 2.24) is 115 Å². The van der Waals surface area contributed by atoms with E-state index in [4.69, 9.17) is 9.47 Å². The summed E-state index contributed by atoms with van der Waals surface area (Å²) < 4.78 is 50.8. The van der Waals surface area contributed by atoms with Crippen LogP contribution in [0.25, 0.3) is 110 Å². The Labute approximate surface area is 826 Å². The largest absolute Gasteiger partial charge is 0.433 e. The van der Waals surface area contributed by atoms with Crippen molar-refractivity contribution in [2.45, 2.75) is 86.8 Å². The lowest BCUT2D eigenvalue weighted by Gasteiger charge is -2.33. The number of aromatic nitrogens is 17. The van der Waals surface area contributed by atoms with Crippen LogP contribution in [-0.4, -0.2) is 285 Å². The number of piperidine rings is 1. The minimum absolute atomic E-state index is 0.0390. The van der Waals surface area contributed by atoms with E-state index in [0.717, 1.165) is 130 Å². The van der Waals surface area contributed by atoms with Gasteiger partial charge in [0.2, 0.25) is 23.6 Å². The van der Waals surface area contributed by atoms with Crippen molar-refractivity contribution in [3.63, 3.8) is 0 Å². The van der Waals surface area contributed by atoms with E-state index in [9.17, 15) is 41.9 Å². The fourth-order valence-electron chi connectivity index (χ4n) is 18.9. The number of pyridine rings is 3. The number of aryl methyl sites for hydroxylation is 2. The number of anilines is 3. The second-order valence-electron chi connectivity index (χ2n) is 35.8. The zero-order chi connectivity index (χ0) is 98.2. The van der Waals surface area contributed by atoms with Gasteiger partial charge < -0.3 is 40.1 Å². The van der Waals surface area contributed by atoms with E-state index in [1.54, 1.807) is 121 Å². The van der Waals surface area contributed by atoms with Crippen LogP contribution < -0.4 is 16.0 Å². The van der Waals surface area contributed by atoms with E-state index >= 15 is 0 Å². The van der Waals surface area contributed by atoms with Gasteiger partial charge in [0.05, 0.1) is 45.9 Å². The zero-order valence-corrected chi connectivity index (χ0v) is 80.9. The number of likely N-dealkylation sites (tertiary alicyclic amines) is 4. The molecule has 6 N–H and O–H groups in total. The number of alkyl halides is 3. The van der Waals surface area contributed by atoms with Crippen LogP contribution in [0.1, 0.15) is 83.5 Å². The summed E-state index contributed by atoms with van der Waals surface area (Å²) in [6, 6.07) is 40.5. The van der Waals surface area contributed by atoms with Crippen molar-refractivity contribution in [2.24, 2.45) is 0 Å². The van der Waals surface area contributed by atoms with Gasteiger partial charge in [0.15, 0.2) is 28.7 Å². The lowest BCUT2D eigenvalue weighted by atomic mass is 9.89. The minimum Gasteiger partial charge on any atom is -0.367 e. The van der Waals surface area contributed by atoms with Gasteiger partial charge in [0, 0.05) is 228 Å². The molecule has 6 amide bonds. The fraction of sp³-hybridized carbons (Fsp3) is 0.314. The van der Waals surface area contributed by atoms with Crippen LogP contribution in [0, 0.1) is 13.8 Å². The smallest absolute Gasteiger partial charge is 0.367 e. The number of carbonyl (C=O) groups excluding carboxylic acids is 6. The number of thioether (sulfide) groups is 1. The van der Waals surface area contributed by atoms with E-state index in [1.807, 2.05) is 119 Å². The highest BCUT2D eigenvalue weighted by atomic mass is 32.2. The maximum atomic E-state index is 13.7. The predicted octanol–water partition coefficient (Wildman–Crippen LogP) is 14.6. The van der Waals surface area contributed by atoms with E-state index in [1.165, 1.54) is 30.1 Å².